The minimum Gasteiger partial charge on any atom is -0.347 e. The first-order chi connectivity index (χ1) is 8.20. The number of hydrogen-bond acceptors (Lipinski definition) is 5. The molecule has 0 aliphatic carbocycles. The maximum atomic E-state index is 5.66. The van der Waals surface area contributed by atoms with Gasteiger partial charge >= 0.3 is 0 Å². The van der Waals surface area contributed by atoms with Crippen LogP contribution in [0.1, 0.15) is 16.1 Å². The second kappa shape index (κ2) is 5.25. The topological polar surface area (TPSA) is 55.0 Å². The lowest BCUT2D eigenvalue weighted by Gasteiger charge is -2.15. The summed E-state index contributed by atoms with van der Waals surface area (Å²) in [5, 5.41) is 1.01. The lowest BCUT2D eigenvalue weighted by molar-refractivity contribution is 0.903. The smallest absolute Gasteiger partial charge is 0.185 e. The van der Waals surface area contributed by atoms with Crippen LogP contribution >= 0.6 is 11.3 Å². The number of hydrogen-bond donors (Lipinski definition) is 1. The molecule has 4 nitrogen and oxygen atoms in total. The molecule has 0 fully saturated rings. The van der Waals surface area contributed by atoms with E-state index in [0.29, 0.717) is 6.54 Å². The summed E-state index contributed by atoms with van der Waals surface area (Å²) in [6.07, 6.45) is 3.66. The van der Waals surface area contributed by atoms with Crippen molar-refractivity contribution in [3.8, 4) is 0 Å². The predicted molar refractivity (Wildman–Crippen MR) is 71.1 cm³/mol. The molecule has 0 saturated heterocycles. The van der Waals surface area contributed by atoms with Crippen molar-refractivity contribution in [2.24, 2.45) is 5.73 Å². The van der Waals surface area contributed by atoms with Crippen LogP contribution in [0.25, 0.3) is 0 Å². The van der Waals surface area contributed by atoms with Gasteiger partial charge < -0.3 is 10.6 Å². The third-order valence-corrected chi connectivity index (χ3v) is 3.83. The summed E-state index contributed by atoms with van der Waals surface area (Å²) < 4.78 is 0. The van der Waals surface area contributed by atoms with Gasteiger partial charge in [0.25, 0.3) is 0 Å². The Bertz CT molecular complexity index is 481. The summed E-state index contributed by atoms with van der Waals surface area (Å²) in [4.78, 5) is 11.9. The van der Waals surface area contributed by atoms with Crippen molar-refractivity contribution in [3.63, 3.8) is 0 Å². The quantitative estimate of drug-likeness (QED) is 0.898. The van der Waals surface area contributed by atoms with E-state index in [-0.39, 0.29) is 0 Å². The van der Waals surface area contributed by atoms with Gasteiger partial charge in [-0.05, 0) is 18.6 Å². The van der Waals surface area contributed by atoms with E-state index in [1.54, 1.807) is 17.5 Å². The fourth-order valence-corrected chi connectivity index (χ4v) is 2.50. The van der Waals surface area contributed by atoms with E-state index in [4.69, 9.17) is 5.73 Å². The Balaban J connectivity index is 2.12. The minimum absolute atomic E-state index is 0.560. The second-order valence-electron chi connectivity index (χ2n) is 3.93. The molecule has 2 aromatic rings. The number of aryl methyl sites for hydroxylation is 1. The molecular formula is C12H16N4S. The van der Waals surface area contributed by atoms with Crippen LogP contribution in [0, 0.1) is 6.92 Å². The highest BCUT2D eigenvalue weighted by Gasteiger charge is 2.10. The van der Waals surface area contributed by atoms with Crippen LogP contribution in [-0.4, -0.2) is 17.0 Å². The molecule has 0 saturated carbocycles. The highest BCUT2D eigenvalue weighted by atomic mass is 32.1. The Morgan fingerprint density at radius 2 is 2.29 bits per heavy atom. The number of aromatic nitrogens is 2. The molecular weight excluding hydrogens is 232 g/mol. The fraction of sp³-hybridized carbons (Fsp3) is 0.333. The van der Waals surface area contributed by atoms with Gasteiger partial charge in [-0.15, -0.1) is 11.3 Å². The highest BCUT2D eigenvalue weighted by molar-refractivity contribution is 7.15. The number of thiazole rings is 1. The van der Waals surface area contributed by atoms with Gasteiger partial charge in [0.2, 0.25) is 0 Å². The van der Waals surface area contributed by atoms with Crippen molar-refractivity contribution in [2.45, 2.75) is 20.0 Å². The molecule has 2 heterocycles. The summed E-state index contributed by atoms with van der Waals surface area (Å²) in [5.74, 6) is 0. The Labute approximate surface area is 105 Å². The van der Waals surface area contributed by atoms with Crippen LogP contribution in [0.5, 0.6) is 0 Å². The molecule has 0 unspecified atom stereocenters. The van der Waals surface area contributed by atoms with Gasteiger partial charge in [0, 0.05) is 37.4 Å². The third-order valence-electron chi connectivity index (χ3n) is 2.54. The van der Waals surface area contributed by atoms with Crippen molar-refractivity contribution < 1.29 is 0 Å². The molecule has 0 aliphatic rings. The molecule has 0 atom stereocenters. The molecule has 0 aromatic carbocycles. The first-order valence-corrected chi connectivity index (χ1v) is 6.28. The van der Waals surface area contributed by atoms with E-state index >= 15 is 0 Å². The average molecular weight is 248 g/mol. The molecule has 2 rings (SSSR count). The van der Waals surface area contributed by atoms with E-state index in [0.717, 1.165) is 22.2 Å². The van der Waals surface area contributed by atoms with Gasteiger partial charge in [0.1, 0.15) is 0 Å². The number of anilines is 1. The summed E-state index contributed by atoms with van der Waals surface area (Å²) in [6, 6.07) is 4.01. The van der Waals surface area contributed by atoms with Gasteiger partial charge in [0.15, 0.2) is 5.13 Å². The standard InChI is InChI=1S/C12H16N4S/c1-9-11(6-13)17-12(15-9)16(2)8-10-4-3-5-14-7-10/h3-5,7H,6,8,13H2,1-2H3. The maximum absolute atomic E-state index is 5.66. The zero-order chi connectivity index (χ0) is 12.3. The van der Waals surface area contributed by atoms with E-state index in [1.807, 2.05) is 26.2 Å². The Morgan fingerprint density at radius 1 is 1.47 bits per heavy atom. The zero-order valence-electron chi connectivity index (χ0n) is 10.1. The van der Waals surface area contributed by atoms with Crippen molar-refractivity contribution in [3.05, 3.63) is 40.7 Å². The number of nitrogens with zero attached hydrogens (tertiary/aromatic N) is 3. The van der Waals surface area contributed by atoms with E-state index in [2.05, 4.69) is 20.9 Å². The van der Waals surface area contributed by atoms with Crippen molar-refractivity contribution in [1.29, 1.82) is 0 Å². The number of nitrogens with two attached hydrogens (primary N) is 1. The molecule has 0 aliphatic heterocycles. The Kier molecular flexibility index (Phi) is 3.71. The van der Waals surface area contributed by atoms with Gasteiger partial charge in [-0.2, -0.15) is 0 Å². The molecule has 17 heavy (non-hydrogen) atoms. The van der Waals surface area contributed by atoms with Crippen LogP contribution in [0.3, 0.4) is 0 Å². The third kappa shape index (κ3) is 2.81. The van der Waals surface area contributed by atoms with Crippen LogP contribution in [0.4, 0.5) is 5.13 Å². The van der Waals surface area contributed by atoms with Crippen molar-refractivity contribution in [1.82, 2.24) is 9.97 Å². The minimum atomic E-state index is 0.560. The summed E-state index contributed by atoms with van der Waals surface area (Å²) >= 11 is 1.66. The SMILES string of the molecule is Cc1nc(N(C)Cc2cccnc2)sc1CN. The van der Waals surface area contributed by atoms with Gasteiger partial charge in [-0.25, -0.2) is 4.98 Å². The molecule has 5 heteroatoms. The van der Waals surface area contributed by atoms with Gasteiger partial charge in [-0.1, -0.05) is 6.07 Å². The number of pyridine rings is 1. The van der Waals surface area contributed by atoms with Crippen LogP contribution < -0.4 is 10.6 Å². The van der Waals surface area contributed by atoms with Crippen molar-refractivity contribution >= 4 is 16.5 Å². The lowest BCUT2D eigenvalue weighted by Crippen LogP contribution is -2.16. The maximum Gasteiger partial charge on any atom is 0.185 e. The molecule has 0 amide bonds. The highest BCUT2D eigenvalue weighted by Crippen LogP contribution is 2.25. The molecule has 0 radical (unpaired) electrons. The van der Waals surface area contributed by atoms with Gasteiger partial charge in [0.05, 0.1) is 5.69 Å². The Morgan fingerprint density at radius 3 is 2.88 bits per heavy atom. The zero-order valence-corrected chi connectivity index (χ0v) is 10.9. The lowest BCUT2D eigenvalue weighted by atomic mass is 10.3. The summed E-state index contributed by atoms with van der Waals surface area (Å²) in [7, 11) is 2.03. The van der Waals surface area contributed by atoms with Crippen LogP contribution in [0.15, 0.2) is 24.5 Å². The monoisotopic (exact) mass is 248 g/mol. The van der Waals surface area contributed by atoms with E-state index in [1.165, 1.54) is 5.56 Å². The molecule has 2 aromatic heterocycles. The van der Waals surface area contributed by atoms with Crippen molar-refractivity contribution in [2.75, 3.05) is 11.9 Å². The fourth-order valence-electron chi connectivity index (χ4n) is 1.60. The first-order valence-electron chi connectivity index (χ1n) is 5.47. The largest absolute Gasteiger partial charge is 0.347 e. The average Bonchev–Trinajstić information content (AvgIpc) is 2.72. The van der Waals surface area contributed by atoms with Crippen LogP contribution in [-0.2, 0) is 13.1 Å². The van der Waals surface area contributed by atoms with Gasteiger partial charge in [-0.3, -0.25) is 4.98 Å². The first kappa shape index (κ1) is 12.0. The second-order valence-corrected chi connectivity index (χ2v) is 4.99. The predicted octanol–water partition coefficient (Wildman–Crippen LogP) is 1.94. The number of rotatable bonds is 4. The van der Waals surface area contributed by atoms with E-state index in [9.17, 15) is 0 Å². The molecule has 0 bridgehead atoms. The Hall–Kier alpha value is -1.46. The molecule has 2 N–H and O–H groups in total. The summed E-state index contributed by atoms with van der Waals surface area (Å²) in [5.41, 5.74) is 7.87. The van der Waals surface area contributed by atoms with Crippen LogP contribution in [0.2, 0.25) is 0 Å². The van der Waals surface area contributed by atoms with E-state index < -0.39 is 0 Å². The molecule has 90 valence electrons. The summed E-state index contributed by atoms with van der Waals surface area (Å²) in [6.45, 7) is 3.37. The normalized spacial score (nSPS) is 10.5. The molecule has 0 spiro atoms.